The van der Waals surface area contributed by atoms with Gasteiger partial charge in [0.05, 0.1) is 21.8 Å². The SMILES string of the molecule is CC1=C(C(=O)Nc2ccccc2)[C@H](c2ccc(F)cc2)n2c(s/c(=C/c3cc(C)n(-c4cccc(C)c4)c3C)c2=O)=N1. The zero-order valence-electron chi connectivity index (χ0n) is 23.7. The molecule has 210 valence electrons. The minimum atomic E-state index is -0.771. The number of halogens is 1. The predicted molar refractivity (Wildman–Crippen MR) is 165 cm³/mol. The molecule has 5 aromatic rings. The van der Waals surface area contributed by atoms with Gasteiger partial charge >= 0.3 is 0 Å². The van der Waals surface area contributed by atoms with Gasteiger partial charge in [-0.15, -0.1) is 0 Å². The smallest absolute Gasteiger partial charge is 0.271 e. The third kappa shape index (κ3) is 4.94. The lowest BCUT2D eigenvalue weighted by Gasteiger charge is -2.25. The Labute approximate surface area is 246 Å². The molecule has 0 saturated heterocycles. The van der Waals surface area contributed by atoms with Crippen LogP contribution in [0, 0.1) is 26.6 Å². The van der Waals surface area contributed by atoms with E-state index in [1.54, 1.807) is 35.8 Å². The van der Waals surface area contributed by atoms with Crippen molar-refractivity contribution in [3.05, 3.63) is 150 Å². The Balaban J connectivity index is 1.49. The predicted octanol–water partition coefficient (Wildman–Crippen LogP) is 5.73. The van der Waals surface area contributed by atoms with Crippen molar-refractivity contribution in [1.82, 2.24) is 9.13 Å². The summed E-state index contributed by atoms with van der Waals surface area (Å²) in [5.41, 5.74) is 7.04. The Morgan fingerprint density at radius 3 is 2.40 bits per heavy atom. The molecule has 1 amide bonds. The van der Waals surface area contributed by atoms with Gasteiger partial charge in [-0.2, -0.15) is 0 Å². The number of hydrogen-bond acceptors (Lipinski definition) is 4. The quantitative estimate of drug-likeness (QED) is 0.291. The molecule has 8 heteroatoms. The maximum Gasteiger partial charge on any atom is 0.271 e. The van der Waals surface area contributed by atoms with Gasteiger partial charge in [-0.1, -0.05) is 53.8 Å². The Kier molecular flexibility index (Phi) is 7.08. The van der Waals surface area contributed by atoms with E-state index >= 15 is 0 Å². The molecular formula is C34H29FN4O2S. The number of para-hydroxylation sites is 1. The molecule has 1 aliphatic rings. The third-order valence-corrected chi connectivity index (χ3v) is 8.48. The van der Waals surface area contributed by atoms with Crippen LogP contribution in [0.3, 0.4) is 0 Å². The average Bonchev–Trinajstić information content (AvgIpc) is 3.42. The van der Waals surface area contributed by atoms with Gasteiger partial charge in [0.25, 0.3) is 11.5 Å². The van der Waals surface area contributed by atoms with E-state index in [4.69, 9.17) is 4.99 Å². The summed E-state index contributed by atoms with van der Waals surface area (Å²) < 4.78 is 18.2. The zero-order chi connectivity index (χ0) is 29.5. The number of aromatic nitrogens is 2. The molecule has 0 fully saturated rings. The number of nitrogens with zero attached hydrogens (tertiary/aromatic N) is 3. The molecule has 0 bridgehead atoms. The molecule has 3 aromatic carbocycles. The molecule has 3 heterocycles. The summed E-state index contributed by atoms with van der Waals surface area (Å²) in [6.45, 7) is 7.91. The lowest BCUT2D eigenvalue weighted by atomic mass is 9.95. The van der Waals surface area contributed by atoms with Crippen molar-refractivity contribution in [3.8, 4) is 5.69 Å². The fourth-order valence-corrected chi connectivity index (χ4v) is 6.57. The molecule has 42 heavy (non-hydrogen) atoms. The number of carbonyl (C=O) groups excluding carboxylic acids is 1. The van der Waals surface area contributed by atoms with E-state index in [2.05, 4.69) is 41.1 Å². The molecule has 0 aliphatic carbocycles. The summed E-state index contributed by atoms with van der Waals surface area (Å²) in [7, 11) is 0. The summed E-state index contributed by atoms with van der Waals surface area (Å²) in [6, 6.07) is 24.6. The summed E-state index contributed by atoms with van der Waals surface area (Å²) in [6.07, 6.45) is 1.89. The van der Waals surface area contributed by atoms with E-state index in [9.17, 15) is 14.0 Å². The number of benzene rings is 3. The normalized spacial score (nSPS) is 15.0. The van der Waals surface area contributed by atoms with Crippen LogP contribution in [0.5, 0.6) is 0 Å². The first-order valence-electron chi connectivity index (χ1n) is 13.6. The van der Waals surface area contributed by atoms with Crippen LogP contribution >= 0.6 is 11.3 Å². The van der Waals surface area contributed by atoms with E-state index in [1.165, 1.54) is 23.5 Å². The molecule has 6 rings (SSSR count). The highest BCUT2D eigenvalue weighted by molar-refractivity contribution is 7.07. The number of hydrogen-bond donors (Lipinski definition) is 1. The van der Waals surface area contributed by atoms with Crippen LogP contribution in [0.4, 0.5) is 10.1 Å². The Morgan fingerprint density at radius 2 is 1.69 bits per heavy atom. The fourth-order valence-electron chi connectivity index (χ4n) is 5.53. The molecular weight excluding hydrogens is 547 g/mol. The van der Waals surface area contributed by atoms with Gasteiger partial charge in [0.15, 0.2) is 4.80 Å². The van der Waals surface area contributed by atoms with E-state index in [-0.39, 0.29) is 11.5 Å². The van der Waals surface area contributed by atoms with Crippen molar-refractivity contribution >= 4 is 29.0 Å². The van der Waals surface area contributed by atoms with Gasteiger partial charge in [0.2, 0.25) is 0 Å². The van der Waals surface area contributed by atoms with E-state index in [1.807, 2.05) is 44.2 Å². The second-order valence-electron chi connectivity index (χ2n) is 10.5. The number of rotatable bonds is 5. The first-order valence-corrected chi connectivity index (χ1v) is 14.4. The van der Waals surface area contributed by atoms with Crippen LogP contribution in [-0.2, 0) is 4.79 Å². The highest BCUT2D eigenvalue weighted by atomic mass is 32.1. The van der Waals surface area contributed by atoms with Gasteiger partial charge in [-0.05, 0) is 92.9 Å². The van der Waals surface area contributed by atoms with Gasteiger partial charge in [0.1, 0.15) is 5.82 Å². The highest BCUT2D eigenvalue weighted by Crippen LogP contribution is 2.31. The van der Waals surface area contributed by atoms with E-state index in [0.29, 0.717) is 31.9 Å². The lowest BCUT2D eigenvalue weighted by Crippen LogP contribution is -2.40. The number of carbonyl (C=O) groups is 1. The number of thiazole rings is 1. The second-order valence-corrected chi connectivity index (χ2v) is 11.5. The van der Waals surface area contributed by atoms with Gasteiger partial charge in [-0.25, -0.2) is 9.38 Å². The summed E-state index contributed by atoms with van der Waals surface area (Å²) in [5.74, 6) is -0.765. The Morgan fingerprint density at radius 1 is 0.952 bits per heavy atom. The standard InChI is InChI=1S/C34H29FN4O2S/c1-20-9-8-12-28(17-20)38-21(2)18-25(23(38)4)19-29-33(41)39-31(24-13-15-26(35)16-14-24)30(22(3)36-34(39)42-29)32(40)37-27-10-6-5-7-11-27/h5-19,31H,1-4H3,(H,37,40)/b29-19+/t31-/m0/s1. The second kappa shape index (κ2) is 10.9. The molecule has 1 aliphatic heterocycles. The van der Waals surface area contributed by atoms with Gasteiger partial charge in [0, 0.05) is 22.8 Å². The summed E-state index contributed by atoms with van der Waals surface area (Å²) in [5, 5.41) is 2.93. The Bertz CT molecular complexity index is 2050. The number of anilines is 1. The average molecular weight is 577 g/mol. The zero-order valence-corrected chi connectivity index (χ0v) is 24.5. The van der Waals surface area contributed by atoms with Crippen molar-refractivity contribution in [3.63, 3.8) is 0 Å². The van der Waals surface area contributed by atoms with Crippen molar-refractivity contribution in [1.29, 1.82) is 0 Å². The van der Waals surface area contributed by atoms with Crippen LogP contribution in [0.1, 0.15) is 41.0 Å². The molecule has 0 spiro atoms. The van der Waals surface area contributed by atoms with Crippen LogP contribution in [-0.4, -0.2) is 15.0 Å². The molecule has 0 saturated carbocycles. The summed E-state index contributed by atoms with van der Waals surface area (Å²) >= 11 is 1.28. The summed E-state index contributed by atoms with van der Waals surface area (Å²) in [4.78, 5) is 32.9. The van der Waals surface area contributed by atoms with Crippen LogP contribution in [0.15, 0.2) is 106 Å². The van der Waals surface area contributed by atoms with E-state index in [0.717, 1.165) is 28.2 Å². The number of aryl methyl sites for hydroxylation is 2. The number of fused-ring (bicyclic) bond motifs is 1. The van der Waals surface area contributed by atoms with Crippen LogP contribution in [0.2, 0.25) is 0 Å². The topological polar surface area (TPSA) is 68.4 Å². The Hall–Kier alpha value is -4.82. The van der Waals surface area contributed by atoms with Crippen molar-refractivity contribution < 1.29 is 9.18 Å². The maximum atomic E-state index is 14.1. The number of amides is 1. The van der Waals surface area contributed by atoms with Gasteiger partial charge in [-0.3, -0.25) is 14.2 Å². The fraction of sp³-hybridized carbons (Fsp3) is 0.147. The monoisotopic (exact) mass is 576 g/mol. The van der Waals surface area contributed by atoms with Crippen LogP contribution in [0.25, 0.3) is 11.8 Å². The van der Waals surface area contributed by atoms with Crippen molar-refractivity contribution in [2.75, 3.05) is 5.32 Å². The number of allylic oxidation sites excluding steroid dienone is 1. The molecule has 2 aromatic heterocycles. The molecule has 0 unspecified atom stereocenters. The first kappa shape index (κ1) is 27.4. The third-order valence-electron chi connectivity index (χ3n) is 7.50. The number of nitrogens with one attached hydrogen (secondary N) is 1. The first-order chi connectivity index (χ1) is 20.2. The lowest BCUT2D eigenvalue weighted by molar-refractivity contribution is -0.113. The molecule has 1 atom stereocenters. The van der Waals surface area contributed by atoms with Gasteiger partial charge < -0.3 is 9.88 Å². The minimum absolute atomic E-state index is 0.258. The van der Waals surface area contributed by atoms with Crippen molar-refractivity contribution in [2.45, 2.75) is 33.7 Å². The molecule has 1 N–H and O–H groups in total. The molecule has 6 nitrogen and oxygen atoms in total. The van der Waals surface area contributed by atoms with Crippen molar-refractivity contribution in [2.24, 2.45) is 4.99 Å². The maximum absolute atomic E-state index is 14.1. The highest BCUT2D eigenvalue weighted by Gasteiger charge is 2.32. The minimum Gasteiger partial charge on any atom is -0.322 e. The molecule has 0 radical (unpaired) electrons. The van der Waals surface area contributed by atoms with E-state index < -0.39 is 11.9 Å². The van der Waals surface area contributed by atoms with Crippen LogP contribution < -0.4 is 20.2 Å². The largest absolute Gasteiger partial charge is 0.322 e.